The summed E-state index contributed by atoms with van der Waals surface area (Å²) >= 11 is 12.6. The van der Waals surface area contributed by atoms with Crippen molar-refractivity contribution in [1.82, 2.24) is 24.3 Å². The van der Waals surface area contributed by atoms with Crippen LogP contribution in [0.5, 0.6) is 5.75 Å². The summed E-state index contributed by atoms with van der Waals surface area (Å²) in [5.41, 5.74) is 1.90. The highest BCUT2D eigenvalue weighted by atomic mass is 35.5. The number of halogens is 2. The first-order valence-corrected chi connectivity index (χ1v) is 20.2. The number of unbranched alkanes of at least 4 members (excludes halogenated alkanes) is 6. The summed E-state index contributed by atoms with van der Waals surface area (Å²) in [6.45, 7) is 8.66. The molecule has 0 saturated heterocycles. The number of nitrogens with zero attached hydrogens (tertiary/aromatic N) is 5. The predicted molar refractivity (Wildman–Crippen MR) is 221 cm³/mol. The molecule has 1 unspecified atom stereocenters. The molecule has 8 nitrogen and oxygen atoms in total. The van der Waals surface area contributed by atoms with E-state index in [0.29, 0.717) is 57.7 Å². The Morgan fingerprint density at radius 2 is 1.45 bits per heavy atom. The number of carbonyl (C=O) groups excluding carboxylic acids is 1. The molecule has 0 aliphatic carbocycles. The number of fused-ring (bicyclic) bond motifs is 1. The third-order valence-electron chi connectivity index (χ3n) is 9.86. The van der Waals surface area contributed by atoms with Gasteiger partial charge < -0.3 is 19.4 Å². The number of amides is 1. The molecule has 0 bridgehead atoms. The molecule has 53 heavy (non-hydrogen) atoms. The summed E-state index contributed by atoms with van der Waals surface area (Å²) in [7, 11) is 5.64. The fourth-order valence-electron chi connectivity index (χ4n) is 6.83. The molecule has 0 spiro atoms. The van der Waals surface area contributed by atoms with Gasteiger partial charge in [0.05, 0.1) is 46.2 Å². The van der Waals surface area contributed by atoms with E-state index in [-0.39, 0.29) is 17.9 Å². The molecular weight excluding hydrogens is 705 g/mol. The number of carbonyl (C=O) groups is 1. The van der Waals surface area contributed by atoms with E-state index in [9.17, 15) is 9.59 Å². The summed E-state index contributed by atoms with van der Waals surface area (Å²) < 4.78 is 7.16. The minimum Gasteiger partial charge on any atom is -0.497 e. The Bertz CT molecular complexity index is 1770. The van der Waals surface area contributed by atoms with Gasteiger partial charge in [0.2, 0.25) is 5.91 Å². The van der Waals surface area contributed by atoms with Crippen molar-refractivity contribution < 1.29 is 9.53 Å². The van der Waals surface area contributed by atoms with E-state index in [1.165, 1.54) is 51.4 Å². The van der Waals surface area contributed by atoms with Gasteiger partial charge in [0.15, 0.2) is 0 Å². The van der Waals surface area contributed by atoms with Gasteiger partial charge in [-0.05, 0) is 114 Å². The van der Waals surface area contributed by atoms with E-state index in [0.717, 1.165) is 31.6 Å². The van der Waals surface area contributed by atoms with Crippen LogP contribution in [0.25, 0.3) is 16.6 Å². The average molecular weight is 765 g/mol. The van der Waals surface area contributed by atoms with E-state index in [4.69, 9.17) is 32.9 Å². The van der Waals surface area contributed by atoms with Gasteiger partial charge in [0.25, 0.3) is 5.56 Å². The second-order valence-corrected chi connectivity index (χ2v) is 15.1. The lowest BCUT2D eigenvalue weighted by Gasteiger charge is -2.34. The van der Waals surface area contributed by atoms with Crippen molar-refractivity contribution in [3.05, 3.63) is 98.5 Å². The van der Waals surface area contributed by atoms with E-state index < -0.39 is 6.04 Å². The number of ether oxygens (including phenoxy) is 1. The summed E-state index contributed by atoms with van der Waals surface area (Å²) in [6.07, 6.45) is 11.4. The number of methoxy groups -OCH3 is 1. The molecule has 4 rings (SSSR count). The summed E-state index contributed by atoms with van der Waals surface area (Å²) in [6, 6.07) is 19.8. The molecule has 1 amide bonds. The van der Waals surface area contributed by atoms with Crippen molar-refractivity contribution in [2.45, 2.75) is 90.5 Å². The molecule has 1 aromatic heterocycles. The van der Waals surface area contributed by atoms with E-state index in [1.807, 2.05) is 73.6 Å². The molecule has 0 radical (unpaired) electrons. The third-order valence-corrected chi connectivity index (χ3v) is 10.6. The summed E-state index contributed by atoms with van der Waals surface area (Å²) in [4.78, 5) is 41.0. The summed E-state index contributed by atoms with van der Waals surface area (Å²) in [5.74, 6) is 1.18. The first kappa shape index (κ1) is 42.3. The van der Waals surface area contributed by atoms with Gasteiger partial charge in [-0.1, -0.05) is 93.8 Å². The largest absolute Gasteiger partial charge is 0.497 e. The van der Waals surface area contributed by atoms with Crippen LogP contribution < -0.4 is 10.3 Å². The van der Waals surface area contributed by atoms with Crippen molar-refractivity contribution >= 4 is 40.0 Å². The SMILES string of the molecule is CCCCCCN(CCCCCC)CCCC(c1nc2ccccc2c(=O)n1-c1ccc(OC)cc1)N(CCN(C)C)C(=O)Cc1ccc(Cl)c(Cl)c1. The second kappa shape index (κ2) is 22.1. The number of hydrogen-bond acceptors (Lipinski definition) is 6. The minimum atomic E-state index is -0.480. The Morgan fingerprint density at radius 3 is 2.08 bits per heavy atom. The molecule has 0 aliphatic rings. The van der Waals surface area contributed by atoms with Crippen molar-refractivity contribution in [3.8, 4) is 11.4 Å². The molecule has 1 heterocycles. The van der Waals surface area contributed by atoms with Crippen LogP contribution in [-0.4, -0.2) is 84.1 Å². The van der Waals surface area contributed by atoms with Crippen LogP contribution in [-0.2, 0) is 11.2 Å². The number of para-hydroxylation sites is 1. The van der Waals surface area contributed by atoms with Crippen LogP contribution in [0.1, 0.15) is 95.5 Å². The third kappa shape index (κ3) is 12.6. The first-order chi connectivity index (χ1) is 25.7. The highest BCUT2D eigenvalue weighted by Gasteiger charge is 2.30. The zero-order chi connectivity index (χ0) is 38.2. The lowest BCUT2D eigenvalue weighted by molar-refractivity contribution is -0.133. The van der Waals surface area contributed by atoms with Crippen molar-refractivity contribution in [2.75, 3.05) is 53.9 Å². The van der Waals surface area contributed by atoms with Crippen molar-refractivity contribution in [2.24, 2.45) is 0 Å². The van der Waals surface area contributed by atoms with Crippen LogP contribution >= 0.6 is 23.2 Å². The molecule has 0 aliphatic heterocycles. The van der Waals surface area contributed by atoms with Gasteiger partial charge in [-0.2, -0.15) is 0 Å². The molecule has 1 atom stereocenters. The highest BCUT2D eigenvalue weighted by Crippen LogP contribution is 2.30. The Morgan fingerprint density at radius 1 is 0.792 bits per heavy atom. The molecular formula is C43H59Cl2N5O3. The molecule has 288 valence electrons. The summed E-state index contributed by atoms with van der Waals surface area (Å²) in [5, 5.41) is 1.39. The van der Waals surface area contributed by atoms with Crippen molar-refractivity contribution in [1.29, 1.82) is 0 Å². The molecule has 0 N–H and O–H groups in total. The Labute approximate surface area is 327 Å². The van der Waals surface area contributed by atoms with Gasteiger partial charge in [0, 0.05) is 13.1 Å². The molecule has 3 aromatic carbocycles. The van der Waals surface area contributed by atoms with Crippen LogP contribution in [0.15, 0.2) is 71.5 Å². The van der Waals surface area contributed by atoms with E-state index in [1.54, 1.807) is 23.8 Å². The molecule has 10 heteroatoms. The maximum Gasteiger partial charge on any atom is 0.266 e. The van der Waals surface area contributed by atoms with Crippen LogP contribution in [0.2, 0.25) is 10.0 Å². The number of likely N-dealkylation sites (N-methyl/N-ethyl adjacent to an activating group) is 1. The average Bonchev–Trinajstić information content (AvgIpc) is 3.15. The van der Waals surface area contributed by atoms with E-state index in [2.05, 4.69) is 23.6 Å². The lowest BCUT2D eigenvalue weighted by atomic mass is 10.0. The second-order valence-electron chi connectivity index (χ2n) is 14.3. The smallest absolute Gasteiger partial charge is 0.266 e. The quantitative estimate of drug-likeness (QED) is 0.0701. The lowest BCUT2D eigenvalue weighted by Crippen LogP contribution is -2.43. The van der Waals surface area contributed by atoms with Crippen LogP contribution in [0.4, 0.5) is 0 Å². The molecule has 0 saturated carbocycles. The van der Waals surface area contributed by atoms with Gasteiger partial charge in [0.1, 0.15) is 11.6 Å². The van der Waals surface area contributed by atoms with Gasteiger partial charge in [-0.3, -0.25) is 14.2 Å². The highest BCUT2D eigenvalue weighted by molar-refractivity contribution is 6.42. The van der Waals surface area contributed by atoms with Crippen LogP contribution in [0.3, 0.4) is 0 Å². The van der Waals surface area contributed by atoms with Gasteiger partial charge in [-0.25, -0.2) is 4.98 Å². The van der Waals surface area contributed by atoms with E-state index >= 15 is 0 Å². The fraction of sp³-hybridized carbons (Fsp3) is 0.512. The Hall–Kier alpha value is -3.43. The van der Waals surface area contributed by atoms with Gasteiger partial charge >= 0.3 is 0 Å². The Kier molecular flexibility index (Phi) is 17.6. The topological polar surface area (TPSA) is 70.9 Å². The maximum absolute atomic E-state index is 14.6. The minimum absolute atomic E-state index is 0.0603. The zero-order valence-electron chi connectivity index (χ0n) is 32.5. The fourth-order valence-corrected chi connectivity index (χ4v) is 7.16. The number of aromatic nitrogens is 2. The van der Waals surface area contributed by atoms with Gasteiger partial charge in [-0.15, -0.1) is 0 Å². The number of benzene rings is 3. The number of rotatable bonds is 23. The standard InChI is InChI=1S/C43H59Cl2N5O3/c1-6-8-10-14-26-48(27-15-11-9-7-2)28-16-19-40(49(30-29-47(3)4)41(51)32-33-20-25-37(44)38(45)31-33)42-46-39-18-13-12-17-36(39)43(52)50(42)34-21-23-35(53-5)24-22-34/h12-13,17-18,20-25,31,40H,6-11,14-16,19,26-30,32H2,1-5H3. The Balaban J connectivity index is 1.81. The number of hydrogen-bond donors (Lipinski definition) is 0. The normalized spacial score (nSPS) is 12.2. The maximum atomic E-state index is 14.6. The molecule has 4 aromatic rings. The van der Waals surface area contributed by atoms with Crippen molar-refractivity contribution in [3.63, 3.8) is 0 Å². The first-order valence-electron chi connectivity index (χ1n) is 19.4. The molecule has 0 fully saturated rings. The van der Waals surface area contributed by atoms with Crippen LogP contribution in [0, 0.1) is 0 Å². The monoisotopic (exact) mass is 763 g/mol. The predicted octanol–water partition coefficient (Wildman–Crippen LogP) is 9.62. The zero-order valence-corrected chi connectivity index (χ0v) is 34.0.